The molecule has 2 aliphatic rings. The molecule has 0 bridgehead atoms. The number of rotatable bonds is 8. The monoisotopic (exact) mass is 534 g/mol. The molecule has 39 heavy (non-hydrogen) atoms. The molecular formula is C26H34N10O3. The highest BCUT2D eigenvalue weighted by Gasteiger charge is 2.24. The second-order valence-corrected chi connectivity index (χ2v) is 9.46. The number of ether oxygens (including phenoxy) is 2. The van der Waals surface area contributed by atoms with Gasteiger partial charge in [0.15, 0.2) is 11.6 Å². The first kappa shape index (κ1) is 27.6. The van der Waals surface area contributed by atoms with Crippen LogP contribution >= 0.6 is 0 Å². The number of nitrogens with one attached hydrogen (secondary N) is 1. The van der Waals surface area contributed by atoms with Gasteiger partial charge in [-0.05, 0) is 44.6 Å². The fraction of sp³-hybridized carbons (Fsp3) is 0.500. The van der Waals surface area contributed by atoms with Crippen molar-refractivity contribution >= 4 is 17.7 Å². The van der Waals surface area contributed by atoms with Gasteiger partial charge < -0.3 is 25.4 Å². The predicted molar refractivity (Wildman–Crippen MR) is 144 cm³/mol. The molecule has 4 heterocycles. The number of pyridine rings is 1. The summed E-state index contributed by atoms with van der Waals surface area (Å²) in [7, 11) is 3.33. The number of carbonyl (C=O) groups is 1. The van der Waals surface area contributed by atoms with Crippen LogP contribution in [0.2, 0.25) is 0 Å². The zero-order chi connectivity index (χ0) is 27.8. The van der Waals surface area contributed by atoms with Gasteiger partial charge in [-0.1, -0.05) is 0 Å². The lowest BCUT2D eigenvalue weighted by molar-refractivity contribution is 0.0944. The summed E-state index contributed by atoms with van der Waals surface area (Å²) >= 11 is 0. The third kappa shape index (κ3) is 7.53. The van der Waals surface area contributed by atoms with Crippen LogP contribution in [-0.2, 0) is 7.05 Å². The summed E-state index contributed by atoms with van der Waals surface area (Å²) in [6, 6.07) is 4.15. The largest absolute Gasteiger partial charge is 0.489 e. The van der Waals surface area contributed by atoms with Crippen molar-refractivity contribution in [2.75, 3.05) is 44.0 Å². The molecule has 3 aromatic heterocycles. The minimum atomic E-state index is -0.354. The molecule has 0 spiro atoms. The van der Waals surface area contributed by atoms with E-state index in [0.29, 0.717) is 42.5 Å². The molecule has 13 nitrogen and oxygen atoms in total. The quantitative estimate of drug-likeness (QED) is 0.434. The number of aryl methyl sites for hydroxylation is 1. The van der Waals surface area contributed by atoms with E-state index < -0.39 is 0 Å². The van der Waals surface area contributed by atoms with Gasteiger partial charge in [-0.15, -0.1) is 0 Å². The fourth-order valence-corrected chi connectivity index (χ4v) is 3.94. The van der Waals surface area contributed by atoms with Gasteiger partial charge in [0.1, 0.15) is 0 Å². The summed E-state index contributed by atoms with van der Waals surface area (Å²) in [6.45, 7) is 4.29. The van der Waals surface area contributed by atoms with Crippen molar-refractivity contribution in [2.45, 2.75) is 32.6 Å². The van der Waals surface area contributed by atoms with E-state index in [9.17, 15) is 4.79 Å². The lowest BCUT2D eigenvalue weighted by atomic mass is 9.98. The molecular weight excluding hydrogens is 500 g/mol. The normalized spacial score (nSPS) is 15.1. The van der Waals surface area contributed by atoms with Crippen LogP contribution in [0.5, 0.6) is 11.8 Å². The zero-order valence-electron chi connectivity index (χ0n) is 22.5. The highest BCUT2D eigenvalue weighted by atomic mass is 16.5. The van der Waals surface area contributed by atoms with Crippen LogP contribution < -0.4 is 25.4 Å². The molecule has 1 amide bonds. The molecule has 0 radical (unpaired) electrons. The number of nitrogens with two attached hydrogens (primary N) is 1. The Labute approximate surface area is 227 Å². The maximum absolute atomic E-state index is 12.2. The fourth-order valence-electron chi connectivity index (χ4n) is 3.94. The van der Waals surface area contributed by atoms with Crippen LogP contribution in [0.25, 0.3) is 11.1 Å². The average molecular weight is 535 g/mol. The molecule has 1 saturated heterocycles. The number of hydrogen-bond acceptors (Lipinski definition) is 11. The average Bonchev–Trinajstić information content (AvgIpc) is 3.71. The number of nitriles is 1. The summed E-state index contributed by atoms with van der Waals surface area (Å²) in [5.74, 6) is 1.83. The Morgan fingerprint density at radius 1 is 1.18 bits per heavy atom. The zero-order valence-corrected chi connectivity index (χ0v) is 22.5. The van der Waals surface area contributed by atoms with E-state index in [1.165, 1.54) is 7.11 Å². The van der Waals surface area contributed by atoms with Gasteiger partial charge in [-0.3, -0.25) is 9.48 Å². The minimum absolute atomic E-state index is 0.0469. The maximum atomic E-state index is 12.2. The molecule has 3 aromatic rings. The third-order valence-electron chi connectivity index (χ3n) is 6.38. The number of carbonyl (C=O) groups excluding carboxylic acids is 1. The number of anilines is 2. The number of amides is 1. The molecule has 13 heteroatoms. The first-order chi connectivity index (χ1) is 18.9. The molecule has 1 aliphatic heterocycles. The SMILES string of the molecule is CCNC(=O)c1nc(OC)nc(N2CCC(COc3cc(-c4cnn(C)c4)cnc3N)CC2)n1.N#CC1CC1. The summed E-state index contributed by atoms with van der Waals surface area (Å²) in [6.07, 6.45) is 9.46. The molecule has 3 N–H and O–H groups in total. The predicted octanol–water partition coefficient (Wildman–Crippen LogP) is 2.22. The van der Waals surface area contributed by atoms with E-state index in [1.54, 1.807) is 17.1 Å². The number of hydrogen-bond donors (Lipinski definition) is 2. The molecule has 1 saturated carbocycles. The minimum Gasteiger partial charge on any atom is -0.489 e. The highest BCUT2D eigenvalue weighted by molar-refractivity contribution is 5.90. The van der Waals surface area contributed by atoms with Crippen LogP contribution in [0, 0.1) is 23.2 Å². The van der Waals surface area contributed by atoms with E-state index in [-0.39, 0.29) is 17.7 Å². The first-order valence-corrected chi connectivity index (χ1v) is 13.0. The molecule has 0 aromatic carbocycles. The van der Waals surface area contributed by atoms with E-state index in [2.05, 4.69) is 36.4 Å². The molecule has 206 valence electrons. The van der Waals surface area contributed by atoms with Crippen molar-refractivity contribution in [2.24, 2.45) is 18.9 Å². The van der Waals surface area contributed by atoms with Gasteiger partial charge >= 0.3 is 6.01 Å². The first-order valence-electron chi connectivity index (χ1n) is 13.0. The summed E-state index contributed by atoms with van der Waals surface area (Å²) in [5.41, 5.74) is 7.90. The summed E-state index contributed by atoms with van der Waals surface area (Å²) < 4.78 is 13.0. The molecule has 0 atom stereocenters. The van der Waals surface area contributed by atoms with Crippen molar-refractivity contribution in [1.29, 1.82) is 5.26 Å². The topological polar surface area (TPSA) is 170 Å². The number of methoxy groups -OCH3 is 1. The van der Waals surface area contributed by atoms with Crippen molar-refractivity contribution in [3.05, 3.63) is 30.5 Å². The Hall–Kier alpha value is -4.47. The maximum Gasteiger partial charge on any atom is 0.321 e. The van der Waals surface area contributed by atoms with Crippen molar-refractivity contribution in [1.82, 2.24) is 35.0 Å². The third-order valence-corrected chi connectivity index (χ3v) is 6.38. The van der Waals surface area contributed by atoms with Gasteiger partial charge in [0, 0.05) is 56.1 Å². The number of nitrogens with zero attached hydrogens (tertiary/aromatic N) is 8. The summed E-state index contributed by atoms with van der Waals surface area (Å²) in [5, 5.41) is 14.9. The lowest BCUT2D eigenvalue weighted by Crippen LogP contribution is -2.37. The number of piperidine rings is 1. The Morgan fingerprint density at radius 3 is 2.54 bits per heavy atom. The number of nitrogen functional groups attached to an aromatic ring is 1. The van der Waals surface area contributed by atoms with Crippen LogP contribution in [-0.4, -0.2) is 69.0 Å². The number of aromatic nitrogens is 6. The van der Waals surface area contributed by atoms with E-state index >= 15 is 0 Å². The van der Waals surface area contributed by atoms with Crippen molar-refractivity contribution < 1.29 is 14.3 Å². The molecule has 0 unspecified atom stereocenters. The standard InChI is InChI=1S/C22H29N9O3.C4H5N/c1-4-24-20(32)19-27-21(29-22(28-19)33-3)31-7-5-14(6-8-31)13-34-17-9-15(10-25-18(17)23)16-11-26-30(2)12-16;5-3-4-1-2-4/h9-12,14H,4-8,13H2,1-3H3,(H2,23,25)(H,24,32);4H,1-2H2. The van der Waals surface area contributed by atoms with Gasteiger partial charge in [-0.2, -0.15) is 25.3 Å². The van der Waals surface area contributed by atoms with Gasteiger partial charge in [0.2, 0.25) is 11.8 Å². The smallest absolute Gasteiger partial charge is 0.321 e. The van der Waals surface area contributed by atoms with Gasteiger partial charge in [-0.25, -0.2) is 4.98 Å². The molecule has 1 aliphatic carbocycles. The lowest BCUT2D eigenvalue weighted by Gasteiger charge is -2.32. The van der Waals surface area contributed by atoms with Crippen molar-refractivity contribution in [3.8, 4) is 29.0 Å². The van der Waals surface area contributed by atoms with Gasteiger partial charge in [0.25, 0.3) is 5.91 Å². The second kappa shape index (κ2) is 12.9. The van der Waals surface area contributed by atoms with E-state index in [4.69, 9.17) is 20.5 Å². The van der Waals surface area contributed by atoms with Crippen LogP contribution in [0.15, 0.2) is 24.7 Å². The molecule has 5 rings (SSSR count). The Bertz CT molecular complexity index is 1310. The van der Waals surface area contributed by atoms with Gasteiger partial charge in [0.05, 0.1) is 26.0 Å². The Balaban J connectivity index is 0.000000634. The van der Waals surface area contributed by atoms with E-state index in [1.807, 2.05) is 31.1 Å². The van der Waals surface area contributed by atoms with Crippen LogP contribution in [0.3, 0.4) is 0 Å². The van der Waals surface area contributed by atoms with Crippen LogP contribution in [0.1, 0.15) is 43.2 Å². The van der Waals surface area contributed by atoms with Crippen molar-refractivity contribution in [3.63, 3.8) is 0 Å². The summed E-state index contributed by atoms with van der Waals surface area (Å²) in [4.78, 5) is 31.2. The molecule has 2 fully saturated rings. The Kier molecular flexibility index (Phi) is 9.09. The highest BCUT2D eigenvalue weighted by Crippen LogP contribution is 2.29. The van der Waals surface area contributed by atoms with E-state index in [0.717, 1.165) is 49.9 Å². The van der Waals surface area contributed by atoms with Crippen LogP contribution in [0.4, 0.5) is 11.8 Å². The second-order valence-electron chi connectivity index (χ2n) is 9.46. The Morgan fingerprint density at radius 2 is 1.95 bits per heavy atom.